The molecule has 2 aromatic rings. The Kier molecular flexibility index (Phi) is 5.97. The summed E-state index contributed by atoms with van der Waals surface area (Å²) in [5.74, 6) is 0.771. The zero-order chi connectivity index (χ0) is 17.5. The van der Waals surface area contributed by atoms with E-state index in [1.54, 1.807) is 25.3 Å². The van der Waals surface area contributed by atoms with Crippen LogP contribution in [0.4, 0.5) is 11.4 Å². The fraction of sp³-hybridized carbons (Fsp3) is 0.176. The van der Waals surface area contributed by atoms with Crippen LogP contribution in [-0.2, 0) is 4.74 Å². The number of methoxy groups -OCH3 is 3. The smallest absolute Gasteiger partial charge is 0.337 e. The van der Waals surface area contributed by atoms with Crippen molar-refractivity contribution in [2.75, 3.05) is 32.0 Å². The first-order chi connectivity index (χ1) is 11.6. The fourth-order valence-electron chi connectivity index (χ4n) is 2.07. The maximum absolute atomic E-state index is 11.7. The summed E-state index contributed by atoms with van der Waals surface area (Å²) in [4.78, 5) is 11.7. The van der Waals surface area contributed by atoms with Crippen molar-refractivity contribution in [2.24, 2.45) is 0 Å². The van der Waals surface area contributed by atoms with Crippen molar-refractivity contribution in [3.05, 3.63) is 48.0 Å². The zero-order valence-corrected chi connectivity index (χ0v) is 14.4. The van der Waals surface area contributed by atoms with Crippen molar-refractivity contribution in [2.45, 2.75) is 0 Å². The summed E-state index contributed by atoms with van der Waals surface area (Å²) in [7, 11) is 4.45. The average molecular weight is 346 g/mol. The van der Waals surface area contributed by atoms with Gasteiger partial charge >= 0.3 is 5.97 Å². The van der Waals surface area contributed by atoms with Gasteiger partial charge in [0.1, 0.15) is 11.5 Å². The normalized spacial score (nSPS) is 9.79. The molecule has 0 saturated heterocycles. The molecule has 7 heteroatoms. The van der Waals surface area contributed by atoms with Crippen molar-refractivity contribution in [1.29, 1.82) is 0 Å². The van der Waals surface area contributed by atoms with Gasteiger partial charge < -0.3 is 24.8 Å². The van der Waals surface area contributed by atoms with Gasteiger partial charge in [-0.2, -0.15) is 0 Å². The van der Waals surface area contributed by atoms with E-state index in [1.165, 1.54) is 14.2 Å². The maximum atomic E-state index is 11.7. The number of rotatable bonds is 5. The molecule has 2 rings (SSSR count). The van der Waals surface area contributed by atoms with Crippen LogP contribution in [-0.4, -0.2) is 32.4 Å². The average Bonchev–Trinajstić information content (AvgIpc) is 2.61. The topological polar surface area (TPSA) is 68.8 Å². The first kappa shape index (κ1) is 17.6. The molecule has 0 atom stereocenters. The van der Waals surface area contributed by atoms with E-state index in [2.05, 4.69) is 10.6 Å². The van der Waals surface area contributed by atoms with Crippen LogP contribution in [0.5, 0.6) is 11.5 Å². The largest absolute Gasteiger partial charge is 0.495 e. The number of hydrogen-bond acceptors (Lipinski definition) is 5. The van der Waals surface area contributed by atoms with Gasteiger partial charge in [0.15, 0.2) is 5.11 Å². The summed E-state index contributed by atoms with van der Waals surface area (Å²) in [6.07, 6.45) is 0. The highest BCUT2D eigenvalue weighted by atomic mass is 32.1. The summed E-state index contributed by atoms with van der Waals surface area (Å²) in [5.41, 5.74) is 1.66. The number of thiocarbonyl (C=S) groups is 1. The molecule has 0 spiro atoms. The van der Waals surface area contributed by atoms with Crippen LogP contribution in [0.3, 0.4) is 0 Å². The summed E-state index contributed by atoms with van der Waals surface area (Å²) in [6.45, 7) is 0. The molecule has 2 aromatic carbocycles. The molecule has 0 bridgehead atoms. The molecular weight excluding hydrogens is 328 g/mol. The lowest BCUT2D eigenvalue weighted by Crippen LogP contribution is -2.20. The van der Waals surface area contributed by atoms with E-state index >= 15 is 0 Å². The molecule has 0 aromatic heterocycles. The highest BCUT2D eigenvalue weighted by Gasteiger charge is 2.12. The van der Waals surface area contributed by atoms with Gasteiger partial charge in [0, 0.05) is 0 Å². The fourth-order valence-corrected chi connectivity index (χ4v) is 2.29. The number of anilines is 2. The lowest BCUT2D eigenvalue weighted by Gasteiger charge is -2.15. The number of ether oxygens (including phenoxy) is 3. The molecule has 0 unspecified atom stereocenters. The Balaban J connectivity index is 2.20. The molecule has 0 radical (unpaired) electrons. The predicted octanol–water partition coefficient (Wildman–Crippen LogP) is 3.30. The van der Waals surface area contributed by atoms with Crippen molar-refractivity contribution in [3.8, 4) is 11.5 Å². The molecule has 126 valence electrons. The van der Waals surface area contributed by atoms with Crippen LogP contribution in [0, 0.1) is 0 Å². The van der Waals surface area contributed by atoms with Crippen LogP contribution < -0.4 is 20.1 Å². The summed E-state index contributed by atoms with van der Waals surface area (Å²) < 4.78 is 15.3. The maximum Gasteiger partial charge on any atom is 0.337 e. The van der Waals surface area contributed by atoms with E-state index in [4.69, 9.17) is 26.4 Å². The van der Waals surface area contributed by atoms with Gasteiger partial charge in [-0.1, -0.05) is 12.1 Å². The molecule has 0 aliphatic rings. The molecule has 0 heterocycles. The van der Waals surface area contributed by atoms with Gasteiger partial charge in [0.25, 0.3) is 0 Å². The molecule has 2 N–H and O–H groups in total. The van der Waals surface area contributed by atoms with Gasteiger partial charge in [-0.05, 0) is 42.5 Å². The zero-order valence-electron chi connectivity index (χ0n) is 13.6. The van der Waals surface area contributed by atoms with Gasteiger partial charge in [0.05, 0.1) is 38.3 Å². The molecule has 0 aliphatic heterocycles. The summed E-state index contributed by atoms with van der Waals surface area (Å²) in [6, 6.07) is 12.3. The number of benzene rings is 2. The van der Waals surface area contributed by atoms with E-state index in [9.17, 15) is 4.79 Å². The number of carbonyl (C=O) groups excluding carboxylic acids is 1. The van der Waals surface area contributed by atoms with E-state index in [1.807, 2.05) is 24.3 Å². The molecule has 0 amide bonds. The van der Waals surface area contributed by atoms with Crippen molar-refractivity contribution < 1.29 is 19.0 Å². The second kappa shape index (κ2) is 8.16. The predicted molar refractivity (Wildman–Crippen MR) is 97.2 cm³/mol. The number of hydrogen-bond donors (Lipinski definition) is 2. The Hall–Kier alpha value is -2.80. The first-order valence-electron chi connectivity index (χ1n) is 7.06. The Morgan fingerprint density at radius 1 is 0.917 bits per heavy atom. The highest BCUT2D eigenvalue weighted by Crippen LogP contribution is 2.27. The number of para-hydroxylation sites is 2. The SMILES string of the molecule is COC(=O)c1ccc(OC)c(NC(=S)Nc2ccccc2OC)c1. The Bertz CT molecular complexity index is 749. The van der Waals surface area contributed by atoms with Crippen LogP contribution in [0.15, 0.2) is 42.5 Å². The molecule has 0 aliphatic carbocycles. The third kappa shape index (κ3) is 4.14. The monoisotopic (exact) mass is 346 g/mol. The van der Waals surface area contributed by atoms with Gasteiger partial charge in [-0.25, -0.2) is 4.79 Å². The van der Waals surface area contributed by atoms with E-state index in [0.29, 0.717) is 27.9 Å². The molecule has 0 saturated carbocycles. The summed E-state index contributed by atoms with van der Waals surface area (Å²) in [5, 5.41) is 6.39. The van der Waals surface area contributed by atoms with E-state index in [0.717, 1.165) is 5.69 Å². The highest BCUT2D eigenvalue weighted by molar-refractivity contribution is 7.80. The van der Waals surface area contributed by atoms with Gasteiger partial charge in [-0.15, -0.1) is 0 Å². The van der Waals surface area contributed by atoms with Crippen LogP contribution in [0.2, 0.25) is 0 Å². The lowest BCUT2D eigenvalue weighted by atomic mass is 10.2. The van der Waals surface area contributed by atoms with Gasteiger partial charge in [0.2, 0.25) is 0 Å². The first-order valence-corrected chi connectivity index (χ1v) is 7.47. The van der Waals surface area contributed by atoms with Crippen molar-refractivity contribution >= 4 is 34.7 Å². The van der Waals surface area contributed by atoms with Crippen LogP contribution in [0.1, 0.15) is 10.4 Å². The molecule has 0 fully saturated rings. The summed E-state index contributed by atoms with van der Waals surface area (Å²) >= 11 is 5.32. The Labute approximate surface area is 145 Å². The second-order valence-corrected chi connectivity index (χ2v) is 5.09. The quantitative estimate of drug-likeness (QED) is 0.636. The molecule has 6 nitrogen and oxygen atoms in total. The van der Waals surface area contributed by atoms with E-state index in [-0.39, 0.29) is 0 Å². The minimum atomic E-state index is -0.440. The Morgan fingerprint density at radius 3 is 2.21 bits per heavy atom. The third-order valence-corrected chi connectivity index (χ3v) is 3.43. The van der Waals surface area contributed by atoms with Crippen molar-refractivity contribution in [1.82, 2.24) is 0 Å². The minimum Gasteiger partial charge on any atom is -0.495 e. The number of carbonyl (C=O) groups is 1. The Morgan fingerprint density at radius 2 is 1.54 bits per heavy atom. The van der Waals surface area contributed by atoms with Gasteiger partial charge in [-0.3, -0.25) is 0 Å². The van der Waals surface area contributed by atoms with Crippen LogP contribution >= 0.6 is 12.2 Å². The molecular formula is C17H18N2O4S. The number of nitrogens with one attached hydrogen (secondary N) is 2. The number of esters is 1. The lowest BCUT2D eigenvalue weighted by molar-refractivity contribution is 0.0601. The van der Waals surface area contributed by atoms with Crippen LogP contribution in [0.25, 0.3) is 0 Å². The second-order valence-electron chi connectivity index (χ2n) is 4.69. The third-order valence-electron chi connectivity index (χ3n) is 3.22. The van der Waals surface area contributed by atoms with E-state index < -0.39 is 5.97 Å². The molecule has 24 heavy (non-hydrogen) atoms. The minimum absolute atomic E-state index is 0.333. The van der Waals surface area contributed by atoms with Crippen molar-refractivity contribution in [3.63, 3.8) is 0 Å². The standard InChI is InChI=1S/C17H18N2O4S/c1-21-14-7-5-4-6-12(14)18-17(24)19-13-10-11(16(20)23-3)8-9-15(13)22-2/h4-10H,1-3H3,(H2,18,19,24).